The van der Waals surface area contributed by atoms with E-state index in [1.165, 1.54) is 19.1 Å². The first-order valence-electron chi connectivity index (χ1n) is 19.7. The summed E-state index contributed by atoms with van der Waals surface area (Å²) in [6, 6.07) is 10.8. The lowest BCUT2D eigenvalue weighted by atomic mass is 9.39. The minimum Gasteiger partial charge on any atom is -0.510 e. The number of phenols is 2. The number of aliphatic hydroxyl groups excluding tert-OH is 1. The maximum absolute atomic E-state index is 15.2. The van der Waals surface area contributed by atoms with Gasteiger partial charge in [-0.25, -0.2) is 0 Å². The summed E-state index contributed by atoms with van der Waals surface area (Å²) in [5.74, 6) is -2.82. The number of ketones is 3. The molecule has 308 valence electrons. The lowest BCUT2D eigenvalue weighted by Gasteiger charge is -2.60. The normalized spacial score (nSPS) is 21.3. The molecule has 2 aromatic carbocycles. The fraction of sp³-hybridized carbons (Fsp3) is 0.458. The highest BCUT2D eigenvalue weighted by atomic mass is 16.5. The zero-order chi connectivity index (χ0) is 43.0. The Morgan fingerprint density at radius 2 is 1.47 bits per heavy atom. The van der Waals surface area contributed by atoms with Crippen LogP contribution in [-0.4, -0.2) is 45.2 Å². The number of anilines is 1. The van der Waals surface area contributed by atoms with E-state index in [2.05, 4.69) is 24.0 Å². The summed E-state index contributed by atoms with van der Waals surface area (Å²) < 4.78 is 5.25. The Morgan fingerprint density at radius 1 is 0.877 bits per heavy atom. The van der Waals surface area contributed by atoms with Crippen molar-refractivity contribution < 1.29 is 39.2 Å². The van der Waals surface area contributed by atoms with Gasteiger partial charge in [-0.3, -0.25) is 19.2 Å². The van der Waals surface area contributed by atoms with Gasteiger partial charge in [0.2, 0.25) is 5.91 Å². The Bertz CT molecular complexity index is 1980. The number of aliphatic hydroxyl groups is 1. The largest absolute Gasteiger partial charge is 0.510 e. The van der Waals surface area contributed by atoms with E-state index in [1.54, 1.807) is 0 Å². The number of carbonyl (C=O) groups is 4. The molecule has 0 heterocycles. The zero-order valence-electron chi connectivity index (χ0n) is 35.8. The number of aromatic hydroxyl groups is 2. The highest BCUT2D eigenvalue weighted by molar-refractivity contribution is 6.35. The topological polar surface area (TPSA) is 150 Å². The third-order valence-electron chi connectivity index (χ3n) is 11.5. The smallest absolute Gasteiger partial charge is 0.221 e. The van der Waals surface area contributed by atoms with Crippen LogP contribution in [0.4, 0.5) is 5.69 Å². The third kappa shape index (κ3) is 10.0. The van der Waals surface area contributed by atoms with Gasteiger partial charge in [0.1, 0.15) is 22.5 Å². The van der Waals surface area contributed by atoms with Gasteiger partial charge in [0.05, 0.1) is 12.0 Å². The molecule has 9 heteroatoms. The van der Waals surface area contributed by atoms with Gasteiger partial charge in [0.25, 0.3) is 0 Å². The number of fused-ring (bicyclic) bond motifs is 2. The van der Waals surface area contributed by atoms with E-state index in [4.69, 9.17) is 4.74 Å². The highest BCUT2D eigenvalue weighted by Crippen LogP contribution is 2.67. The summed E-state index contributed by atoms with van der Waals surface area (Å²) in [6.45, 7) is 26.0. The Labute approximate surface area is 339 Å². The van der Waals surface area contributed by atoms with Crippen LogP contribution in [0, 0.1) is 28.1 Å². The Morgan fingerprint density at radius 3 is 1.98 bits per heavy atom. The van der Waals surface area contributed by atoms with Crippen molar-refractivity contribution in [3.63, 3.8) is 0 Å². The molecule has 1 saturated carbocycles. The molecule has 4 rings (SSSR count). The summed E-state index contributed by atoms with van der Waals surface area (Å²) in [5.41, 5.74) is 0.358. The standard InChI is InChI=1S/C38H50O6.C10H13NO2/c1-22(2)11-13-27(25(7)8)20-37-21-28(15-12-23(3)4)36(9,10)38(35(37)44,18-17-24(5)6)34(43)31(33(37)42)32(41)26-14-16-29(39)30(40)19-26;1-3-13-10-6-4-9(5-7-10)11-8(2)12/h11-12,14,16-17,19,27-28,39-40,42H,7,13,15,18,20-21H2,1-6,8-10H3;4-7H,3H2,1-2H3,(H,11,12)/t27-,28+,37+,38-;/m0./s1. The second-order valence-electron chi connectivity index (χ2n) is 16.9. The molecule has 0 saturated heterocycles. The molecule has 0 radical (unpaired) electrons. The fourth-order valence-electron chi connectivity index (χ4n) is 8.09. The van der Waals surface area contributed by atoms with Crippen molar-refractivity contribution in [2.75, 3.05) is 11.9 Å². The van der Waals surface area contributed by atoms with Crippen molar-refractivity contribution in [2.24, 2.45) is 28.1 Å². The second-order valence-corrected chi connectivity index (χ2v) is 16.9. The van der Waals surface area contributed by atoms with E-state index in [0.717, 1.165) is 39.8 Å². The van der Waals surface area contributed by atoms with Crippen LogP contribution in [-0.2, 0) is 14.4 Å². The first kappa shape index (κ1) is 46.2. The van der Waals surface area contributed by atoms with Crippen molar-refractivity contribution in [3.8, 4) is 17.2 Å². The lowest BCUT2D eigenvalue weighted by molar-refractivity contribution is -0.172. The molecule has 2 bridgehead atoms. The van der Waals surface area contributed by atoms with E-state index >= 15 is 4.79 Å². The van der Waals surface area contributed by atoms with Crippen LogP contribution in [0.3, 0.4) is 0 Å². The van der Waals surface area contributed by atoms with Gasteiger partial charge in [-0.15, -0.1) is 0 Å². The number of amides is 1. The molecule has 9 nitrogen and oxygen atoms in total. The van der Waals surface area contributed by atoms with Crippen molar-refractivity contribution in [3.05, 3.63) is 106 Å². The lowest BCUT2D eigenvalue weighted by Crippen LogP contribution is -2.67. The molecule has 4 N–H and O–H groups in total. The molecule has 2 aliphatic carbocycles. The maximum Gasteiger partial charge on any atom is 0.221 e. The molecule has 4 atom stereocenters. The third-order valence-corrected chi connectivity index (χ3v) is 11.5. The summed E-state index contributed by atoms with van der Waals surface area (Å²) in [6.07, 6.45) is 7.90. The molecule has 0 spiro atoms. The van der Waals surface area contributed by atoms with Crippen LogP contribution in [0.2, 0.25) is 0 Å². The van der Waals surface area contributed by atoms with Gasteiger partial charge in [0.15, 0.2) is 28.8 Å². The first-order chi connectivity index (χ1) is 26.5. The number of carbonyl (C=O) groups excluding carboxylic acids is 4. The fourth-order valence-corrected chi connectivity index (χ4v) is 8.09. The number of ether oxygens (including phenoxy) is 1. The van der Waals surface area contributed by atoms with Gasteiger partial charge in [-0.1, -0.05) is 60.9 Å². The quantitative estimate of drug-likeness (QED) is 0.0486. The SMILES string of the molecule is C=C(C)[C@@H](CC=C(C)C)C[C@@]12C[C@@H](CC=C(C)C)C(C)(C)[C@@](CC=C(C)C)(C(=O)C(C(=O)c3ccc(O)c(O)c3)=C1O)C2=O.CCOc1ccc(NC(C)=O)cc1. The number of rotatable bonds is 14. The number of phenolic OH excluding ortho intramolecular Hbond substituents is 2. The van der Waals surface area contributed by atoms with Crippen molar-refractivity contribution >= 4 is 28.9 Å². The molecule has 1 amide bonds. The number of hydrogen-bond acceptors (Lipinski definition) is 8. The molecule has 0 aromatic heterocycles. The van der Waals surface area contributed by atoms with Crippen molar-refractivity contribution in [1.82, 2.24) is 0 Å². The molecule has 0 unspecified atom stereocenters. The Balaban J connectivity index is 0.000000566. The van der Waals surface area contributed by atoms with Crippen molar-refractivity contribution in [1.29, 1.82) is 0 Å². The predicted molar refractivity (Wildman–Crippen MR) is 228 cm³/mol. The zero-order valence-corrected chi connectivity index (χ0v) is 35.8. The van der Waals surface area contributed by atoms with Gasteiger partial charge in [0, 0.05) is 18.2 Å². The van der Waals surface area contributed by atoms with E-state index in [-0.39, 0.29) is 48.4 Å². The van der Waals surface area contributed by atoms with E-state index in [0.29, 0.717) is 19.4 Å². The average molecular weight is 782 g/mol. The van der Waals surface area contributed by atoms with Gasteiger partial charge >= 0.3 is 0 Å². The Hall–Kier alpha value is -5.18. The molecular weight excluding hydrogens is 719 g/mol. The molecule has 1 fully saturated rings. The van der Waals surface area contributed by atoms with E-state index < -0.39 is 50.6 Å². The second kappa shape index (κ2) is 18.8. The summed E-state index contributed by atoms with van der Waals surface area (Å²) in [4.78, 5) is 55.0. The van der Waals surface area contributed by atoms with Crippen LogP contribution < -0.4 is 10.1 Å². The van der Waals surface area contributed by atoms with Gasteiger partial charge in [-0.05, 0) is 147 Å². The van der Waals surface area contributed by atoms with Crippen LogP contribution in [0.1, 0.15) is 119 Å². The Kier molecular flexibility index (Phi) is 15.3. The monoisotopic (exact) mass is 781 g/mol. The molecule has 57 heavy (non-hydrogen) atoms. The number of benzene rings is 2. The average Bonchev–Trinajstić information content (AvgIpc) is 3.11. The van der Waals surface area contributed by atoms with Crippen LogP contribution in [0.5, 0.6) is 17.2 Å². The van der Waals surface area contributed by atoms with Gasteiger partial charge < -0.3 is 25.4 Å². The minimum absolute atomic E-state index is 0.0602. The maximum atomic E-state index is 15.2. The predicted octanol–water partition coefficient (Wildman–Crippen LogP) is 11.0. The molecular formula is C48H63NO8. The van der Waals surface area contributed by atoms with E-state index in [1.807, 2.05) is 99.6 Å². The summed E-state index contributed by atoms with van der Waals surface area (Å²) in [5, 5.41) is 35.0. The summed E-state index contributed by atoms with van der Waals surface area (Å²) in [7, 11) is 0. The first-order valence-corrected chi connectivity index (χ1v) is 19.7. The number of nitrogens with one attached hydrogen (secondary N) is 1. The van der Waals surface area contributed by atoms with Crippen LogP contribution >= 0.6 is 0 Å². The molecule has 0 aliphatic heterocycles. The minimum atomic E-state index is -1.62. The number of Topliss-reactive ketones (excluding diaryl/α,β-unsaturated/α-hetero) is 3. The molecule has 2 aliphatic rings. The van der Waals surface area contributed by atoms with Crippen molar-refractivity contribution in [2.45, 2.75) is 108 Å². The summed E-state index contributed by atoms with van der Waals surface area (Å²) >= 11 is 0. The van der Waals surface area contributed by atoms with Crippen LogP contribution in [0.15, 0.2) is 101 Å². The van der Waals surface area contributed by atoms with Crippen LogP contribution in [0.25, 0.3) is 0 Å². The number of allylic oxidation sites excluding steroid dienone is 9. The van der Waals surface area contributed by atoms with Gasteiger partial charge in [-0.2, -0.15) is 0 Å². The molecule has 2 aromatic rings. The number of hydrogen-bond donors (Lipinski definition) is 4. The van der Waals surface area contributed by atoms with E-state index in [9.17, 15) is 29.7 Å². The highest BCUT2D eigenvalue weighted by Gasteiger charge is 2.72.